The van der Waals surface area contributed by atoms with Crippen LogP contribution in [0.1, 0.15) is 0 Å². The van der Waals surface area contributed by atoms with Gasteiger partial charge in [-0.1, -0.05) is 170 Å². The van der Waals surface area contributed by atoms with Crippen LogP contribution in [-0.2, 0) is 0 Å². The number of nitrogens with zero attached hydrogens (tertiary/aromatic N) is 4. The van der Waals surface area contributed by atoms with Gasteiger partial charge in [0.1, 0.15) is 22.3 Å². The Morgan fingerprint density at radius 2 is 0.768 bits per heavy atom. The second kappa shape index (κ2) is 15.6. The molecule has 14 aromatic rings. The zero-order chi connectivity index (χ0) is 45.4. The van der Waals surface area contributed by atoms with Gasteiger partial charge in [-0.25, -0.2) is 15.0 Å². The van der Waals surface area contributed by atoms with Gasteiger partial charge in [-0.15, -0.1) is 0 Å². The van der Waals surface area contributed by atoms with Gasteiger partial charge in [0.05, 0.1) is 22.1 Å². The highest BCUT2D eigenvalue weighted by atomic mass is 16.3. The molecule has 0 N–H and O–H groups in total. The van der Waals surface area contributed by atoms with Crippen molar-refractivity contribution in [3.05, 3.63) is 231 Å². The fraction of sp³-hybridized carbons (Fsp3) is 0. The molecule has 322 valence electrons. The Bertz CT molecular complexity index is 4250. The summed E-state index contributed by atoms with van der Waals surface area (Å²) in [5.41, 5.74) is 16.0. The first-order valence-corrected chi connectivity index (χ1v) is 23.2. The second-order valence-electron chi connectivity index (χ2n) is 17.5. The summed E-state index contributed by atoms with van der Waals surface area (Å²) in [5, 5.41) is 6.62. The summed E-state index contributed by atoms with van der Waals surface area (Å²) in [6.45, 7) is 0. The molecule has 14 rings (SSSR count). The predicted octanol–water partition coefficient (Wildman–Crippen LogP) is 16.8. The minimum Gasteiger partial charge on any atom is -0.456 e. The maximum atomic E-state index is 6.74. The minimum atomic E-state index is 0.605. The van der Waals surface area contributed by atoms with Crippen LogP contribution in [0.3, 0.4) is 0 Å². The van der Waals surface area contributed by atoms with E-state index in [2.05, 4.69) is 174 Å². The van der Waals surface area contributed by atoms with Crippen LogP contribution in [0.4, 0.5) is 0 Å². The Morgan fingerprint density at radius 3 is 1.49 bits per heavy atom. The number of hydrogen-bond donors (Lipinski definition) is 0. The molecule has 6 heteroatoms. The van der Waals surface area contributed by atoms with Crippen LogP contribution in [0.5, 0.6) is 0 Å². The average molecular weight is 883 g/mol. The number of aromatic nitrogens is 4. The lowest BCUT2D eigenvalue weighted by Crippen LogP contribution is -2.00. The average Bonchev–Trinajstić information content (AvgIpc) is 4.11. The first kappa shape index (κ1) is 38.8. The van der Waals surface area contributed by atoms with Crippen molar-refractivity contribution < 1.29 is 8.83 Å². The Labute approximate surface area is 396 Å². The van der Waals surface area contributed by atoms with Crippen molar-refractivity contribution in [1.82, 2.24) is 19.5 Å². The van der Waals surface area contributed by atoms with Gasteiger partial charge >= 0.3 is 0 Å². The summed E-state index contributed by atoms with van der Waals surface area (Å²) < 4.78 is 15.8. The standard InChI is InChI=1S/C63H38N4O2/c1-4-16-39(17-5-1)42-32-34-52-49(37-42)48-24-10-11-27-51(48)67(52)53-28-15-31-57-60(53)59-47(26-14-30-56(59)69-57)44-33-35-54-50(38-44)58-46(25-13-29-55(58)68-54)43-22-12-23-45(36-43)63-65-61(40-18-6-2-7-19-40)64-62(66-63)41-20-8-3-9-21-41/h1-38H. The minimum absolute atomic E-state index is 0.605. The molecule has 4 aromatic heterocycles. The van der Waals surface area contributed by atoms with Gasteiger partial charge in [0, 0.05) is 43.6 Å². The summed E-state index contributed by atoms with van der Waals surface area (Å²) in [6, 6.07) is 80.4. The third kappa shape index (κ3) is 6.38. The van der Waals surface area contributed by atoms with Crippen LogP contribution in [0.2, 0.25) is 0 Å². The number of benzene rings is 10. The zero-order valence-corrected chi connectivity index (χ0v) is 37.0. The largest absolute Gasteiger partial charge is 0.456 e. The highest BCUT2D eigenvalue weighted by molar-refractivity contribution is 6.20. The molecule has 0 saturated carbocycles. The molecule has 0 bridgehead atoms. The van der Waals surface area contributed by atoms with Crippen molar-refractivity contribution in [3.8, 4) is 73.2 Å². The molecule has 0 aliphatic heterocycles. The van der Waals surface area contributed by atoms with Crippen molar-refractivity contribution in [3.63, 3.8) is 0 Å². The van der Waals surface area contributed by atoms with E-state index >= 15 is 0 Å². The van der Waals surface area contributed by atoms with Gasteiger partial charge in [0.15, 0.2) is 17.5 Å². The summed E-state index contributed by atoms with van der Waals surface area (Å²) in [5.74, 6) is 1.86. The molecule has 0 fully saturated rings. The fourth-order valence-electron chi connectivity index (χ4n) is 10.3. The summed E-state index contributed by atoms with van der Waals surface area (Å²) in [6.07, 6.45) is 0. The molecule has 4 heterocycles. The third-order valence-corrected chi connectivity index (χ3v) is 13.5. The Morgan fingerprint density at radius 1 is 0.275 bits per heavy atom. The number of para-hydroxylation sites is 1. The van der Waals surface area contributed by atoms with Crippen molar-refractivity contribution in [2.75, 3.05) is 0 Å². The lowest BCUT2D eigenvalue weighted by molar-refractivity contribution is 0.668. The van der Waals surface area contributed by atoms with E-state index in [1.54, 1.807) is 0 Å². The Kier molecular flexibility index (Phi) is 8.79. The van der Waals surface area contributed by atoms with Gasteiger partial charge in [-0.2, -0.15) is 0 Å². The smallest absolute Gasteiger partial charge is 0.164 e. The summed E-state index contributed by atoms with van der Waals surface area (Å²) >= 11 is 0. The topological polar surface area (TPSA) is 69.9 Å². The van der Waals surface area contributed by atoms with E-state index in [0.29, 0.717) is 17.5 Å². The monoisotopic (exact) mass is 882 g/mol. The van der Waals surface area contributed by atoms with E-state index in [-0.39, 0.29) is 0 Å². The molecule has 10 aromatic carbocycles. The summed E-state index contributed by atoms with van der Waals surface area (Å²) in [7, 11) is 0. The molecule has 6 nitrogen and oxygen atoms in total. The molecule has 0 aliphatic carbocycles. The first-order chi connectivity index (χ1) is 34.2. The Balaban J connectivity index is 0.927. The zero-order valence-electron chi connectivity index (χ0n) is 37.0. The number of hydrogen-bond acceptors (Lipinski definition) is 5. The van der Waals surface area contributed by atoms with E-state index in [1.165, 1.54) is 21.9 Å². The molecule has 0 saturated heterocycles. The van der Waals surface area contributed by atoms with Crippen LogP contribution in [-0.4, -0.2) is 19.5 Å². The number of furan rings is 2. The number of rotatable bonds is 7. The van der Waals surface area contributed by atoms with Crippen molar-refractivity contribution >= 4 is 65.7 Å². The van der Waals surface area contributed by atoms with Crippen LogP contribution >= 0.6 is 0 Å². The lowest BCUT2D eigenvalue weighted by Gasteiger charge is -2.11. The maximum absolute atomic E-state index is 6.74. The van der Waals surface area contributed by atoms with Crippen LogP contribution in [0.25, 0.3) is 139 Å². The van der Waals surface area contributed by atoms with Crippen molar-refractivity contribution in [1.29, 1.82) is 0 Å². The van der Waals surface area contributed by atoms with Gasteiger partial charge in [-0.05, 0) is 94.0 Å². The van der Waals surface area contributed by atoms with E-state index in [0.717, 1.165) is 99.5 Å². The molecule has 0 atom stereocenters. The second-order valence-corrected chi connectivity index (χ2v) is 17.5. The molecule has 0 unspecified atom stereocenters. The molecule has 0 spiro atoms. The van der Waals surface area contributed by atoms with Crippen LogP contribution in [0.15, 0.2) is 239 Å². The number of fused-ring (bicyclic) bond motifs is 9. The van der Waals surface area contributed by atoms with Crippen molar-refractivity contribution in [2.45, 2.75) is 0 Å². The molecule has 69 heavy (non-hydrogen) atoms. The lowest BCUT2D eigenvalue weighted by atomic mass is 9.95. The molecular weight excluding hydrogens is 845 g/mol. The van der Waals surface area contributed by atoms with E-state index in [4.69, 9.17) is 23.8 Å². The highest BCUT2D eigenvalue weighted by Gasteiger charge is 2.22. The molecule has 0 aliphatic rings. The summed E-state index contributed by atoms with van der Waals surface area (Å²) in [4.78, 5) is 15.0. The van der Waals surface area contributed by atoms with Gasteiger partial charge < -0.3 is 13.4 Å². The molecule has 0 amide bonds. The van der Waals surface area contributed by atoms with Gasteiger partial charge in [0.2, 0.25) is 0 Å². The van der Waals surface area contributed by atoms with Crippen molar-refractivity contribution in [2.24, 2.45) is 0 Å². The van der Waals surface area contributed by atoms with Crippen LogP contribution < -0.4 is 0 Å². The molecule has 0 radical (unpaired) electrons. The van der Waals surface area contributed by atoms with E-state index in [1.807, 2.05) is 60.7 Å². The van der Waals surface area contributed by atoms with Gasteiger partial charge in [-0.3, -0.25) is 0 Å². The highest BCUT2D eigenvalue weighted by Crippen LogP contribution is 2.45. The maximum Gasteiger partial charge on any atom is 0.164 e. The fourth-order valence-corrected chi connectivity index (χ4v) is 10.3. The third-order valence-electron chi connectivity index (χ3n) is 13.5. The quantitative estimate of drug-likeness (QED) is 0.159. The predicted molar refractivity (Wildman–Crippen MR) is 281 cm³/mol. The van der Waals surface area contributed by atoms with Gasteiger partial charge in [0.25, 0.3) is 0 Å². The first-order valence-electron chi connectivity index (χ1n) is 23.2. The normalized spacial score (nSPS) is 11.8. The van der Waals surface area contributed by atoms with E-state index < -0.39 is 0 Å². The SMILES string of the molecule is c1ccc(-c2ccc3c(c2)c2ccccc2n3-c2cccc3oc4cccc(-c5ccc6oc7cccc(-c8cccc(-c9nc(-c%10ccccc%10)nc(-c%10ccccc%10)n9)c8)c7c6c5)c4c23)cc1. The van der Waals surface area contributed by atoms with E-state index in [9.17, 15) is 0 Å². The Hall–Kier alpha value is -9.39. The van der Waals surface area contributed by atoms with Crippen LogP contribution in [0, 0.1) is 0 Å². The molecular formula is C63H38N4O2.